The van der Waals surface area contributed by atoms with E-state index in [1.54, 1.807) is 18.2 Å². The lowest BCUT2D eigenvalue weighted by Crippen LogP contribution is -2.32. The quantitative estimate of drug-likeness (QED) is 0.846. The van der Waals surface area contributed by atoms with Crippen molar-refractivity contribution in [3.63, 3.8) is 0 Å². The van der Waals surface area contributed by atoms with E-state index in [9.17, 15) is 14.3 Å². The summed E-state index contributed by atoms with van der Waals surface area (Å²) in [6.07, 6.45) is 3.57. The van der Waals surface area contributed by atoms with Crippen molar-refractivity contribution in [2.75, 3.05) is 13.2 Å². The molecule has 1 aromatic carbocycles. The summed E-state index contributed by atoms with van der Waals surface area (Å²) in [5.74, 6) is 0.118. The molecule has 1 saturated carbocycles. The van der Waals surface area contributed by atoms with Crippen molar-refractivity contribution in [3.8, 4) is 5.75 Å². The minimum atomic E-state index is -0.418. The number of nitrogens with one attached hydrogen (secondary N) is 1. The van der Waals surface area contributed by atoms with Crippen molar-refractivity contribution in [2.45, 2.75) is 38.2 Å². The van der Waals surface area contributed by atoms with Gasteiger partial charge in [-0.2, -0.15) is 0 Å². The number of aliphatic hydroxyl groups excluding tert-OH is 1. The number of rotatable bonds is 6. The van der Waals surface area contributed by atoms with Crippen molar-refractivity contribution in [3.05, 3.63) is 30.1 Å². The van der Waals surface area contributed by atoms with Gasteiger partial charge >= 0.3 is 0 Å². The van der Waals surface area contributed by atoms with Gasteiger partial charge < -0.3 is 15.2 Å². The van der Waals surface area contributed by atoms with Crippen LogP contribution in [-0.2, 0) is 4.79 Å². The number of hydrogen-bond donors (Lipinski definition) is 2. The van der Waals surface area contributed by atoms with Crippen LogP contribution in [0.15, 0.2) is 24.3 Å². The van der Waals surface area contributed by atoms with Gasteiger partial charge in [-0.3, -0.25) is 4.79 Å². The number of carbonyl (C=O) groups is 1. The van der Waals surface area contributed by atoms with Gasteiger partial charge in [0.1, 0.15) is 0 Å². The van der Waals surface area contributed by atoms with Crippen molar-refractivity contribution in [2.24, 2.45) is 5.92 Å². The fourth-order valence-corrected chi connectivity index (χ4v) is 2.51. The lowest BCUT2D eigenvalue weighted by molar-refractivity contribution is -0.121. The summed E-state index contributed by atoms with van der Waals surface area (Å²) in [5.41, 5.74) is 0. The highest BCUT2D eigenvalue weighted by Gasteiger charge is 2.19. The molecule has 2 N–H and O–H groups in total. The number of hydrogen-bond acceptors (Lipinski definition) is 3. The van der Waals surface area contributed by atoms with Crippen LogP contribution in [0, 0.1) is 11.7 Å². The lowest BCUT2D eigenvalue weighted by Gasteiger charge is -2.25. The van der Waals surface area contributed by atoms with E-state index in [0.29, 0.717) is 12.5 Å². The highest BCUT2D eigenvalue weighted by molar-refractivity contribution is 5.75. The Labute approximate surface area is 124 Å². The van der Waals surface area contributed by atoms with Gasteiger partial charge in [0.2, 0.25) is 5.91 Å². The number of amides is 1. The summed E-state index contributed by atoms with van der Waals surface area (Å²) >= 11 is 0. The predicted octanol–water partition coefficient (Wildman–Crippen LogP) is 2.26. The largest absolute Gasteiger partial charge is 0.490 e. The monoisotopic (exact) mass is 295 g/mol. The molecule has 0 radical (unpaired) electrons. The van der Waals surface area contributed by atoms with Crippen molar-refractivity contribution in [1.82, 2.24) is 5.32 Å². The van der Waals surface area contributed by atoms with E-state index in [2.05, 4.69) is 5.32 Å². The van der Waals surface area contributed by atoms with Crippen molar-refractivity contribution < 1.29 is 19.0 Å². The molecule has 5 heteroatoms. The third kappa shape index (κ3) is 5.34. The molecule has 1 fully saturated rings. The van der Waals surface area contributed by atoms with Crippen molar-refractivity contribution in [1.29, 1.82) is 0 Å². The summed E-state index contributed by atoms with van der Waals surface area (Å²) in [6.45, 7) is 0.807. The first-order chi connectivity index (χ1) is 10.1. The molecule has 0 spiro atoms. The maximum absolute atomic E-state index is 13.3. The Kier molecular flexibility index (Phi) is 5.99. The van der Waals surface area contributed by atoms with Gasteiger partial charge in [-0.05, 0) is 43.7 Å². The molecule has 0 heterocycles. The van der Waals surface area contributed by atoms with Gasteiger partial charge in [0, 0.05) is 6.54 Å². The predicted molar refractivity (Wildman–Crippen MR) is 77.5 cm³/mol. The minimum absolute atomic E-state index is 0.0857. The molecular weight excluding hydrogens is 273 g/mol. The highest BCUT2D eigenvalue weighted by atomic mass is 19.1. The average molecular weight is 295 g/mol. The maximum atomic E-state index is 13.3. The van der Waals surface area contributed by atoms with Crippen LogP contribution in [0.2, 0.25) is 0 Å². The number of benzene rings is 1. The van der Waals surface area contributed by atoms with Gasteiger partial charge in [-0.15, -0.1) is 0 Å². The van der Waals surface area contributed by atoms with E-state index in [0.717, 1.165) is 25.7 Å². The first-order valence-electron chi connectivity index (χ1n) is 7.47. The second-order valence-electron chi connectivity index (χ2n) is 5.51. The van der Waals surface area contributed by atoms with Crippen LogP contribution in [0.1, 0.15) is 32.1 Å². The summed E-state index contributed by atoms with van der Waals surface area (Å²) in [4.78, 5) is 11.7. The number of ether oxygens (including phenoxy) is 1. The van der Waals surface area contributed by atoms with Crippen LogP contribution >= 0.6 is 0 Å². The third-order valence-electron chi connectivity index (χ3n) is 3.83. The van der Waals surface area contributed by atoms with Crippen molar-refractivity contribution >= 4 is 5.91 Å². The Morgan fingerprint density at radius 3 is 2.71 bits per heavy atom. The summed E-state index contributed by atoms with van der Waals surface area (Å²) in [5, 5.41) is 12.3. The van der Waals surface area contributed by atoms with E-state index < -0.39 is 5.82 Å². The van der Waals surface area contributed by atoms with Crippen LogP contribution in [0.3, 0.4) is 0 Å². The molecule has 0 aliphatic heterocycles. The smallest absolute Gasteiger partial charge is 0.223 e. The molecule has 116 valence electrons. The topological polar surface area (TPSA) is 58.6 Å². The molecule has 1 aliphatic carbocycles. The fraction of sp³-hybridized carbons (Fsp3) is 0.562. The molecule has 0 atom stereocenters. The Morgan fingerprint density at radius 1 is 1.29 bits per heavy atom. The van der Waals surface area contributed by atoms with E-state index >= 15 is 0 Å². The van der Waals surface area contributed by atoms with E-state index in [-0.39, 0.29) is 30.8 Å². The molecule has 21 heavy (non-hydrogen) atoms. The molecule has 0 aromatic heterocycles. The second-order valence-corrected chi connectivity index (χ2v) is 5.51. The molecule has 2 rings (SSSR count). The number of aliphatic hydroxyl groups is 1. The molecular formula is C16H22FNO3. The molecule has 0 saturated heterocycles. The van der Waals surface area contributed by atoms with Gasteiger partial charge in [-0.1, -0.05) is 12.1 Å². The van der Waals surface area contributed by atoms with Crippen LogP contribution in [0.25, 0.3) is 0 Å². The first kappa shape index (κ1) is 15.8. The molecule has 0 bridgehead atoms. The van der Waals surface area contributed by atoms with Gasteiger partial charge in [0.25, 0.3) is 0 Å². The average Bonchev–Trinajstić information content (AvgIpc) is 2.49. The Hall–Kier alpha value is -1.62. The van der Waals surface area contributed by atoms with E-state index in [1.807, 2.05) is 0 Å². The second kappa shape index (κ2) is 7.98. The highest BCUT2D eigenvalue weighted by Crippen LogP contribution is 2.23. The lowest BCUT2D eigenvalue weighted by atomic mass is 9.87. The summed E-state index contributed by atoms with van der Waals surface area (Å²) < 4.78 is 18.5. The number of carbonyl (C=O) groups excluding carboxylic acids is 1. The van der Waals surface area contributed by atoms with Crippen LogP contribution in [-0.4, -0.2) is 30.3 Å². The van der Waals surface area contributed by atoms with E-state index in [1.165, 1.54) is 6.07 Å². The molecule has 1 aliphatic rings. The zero-order valence-corrected chi connectivity index (χ0v) is 12.1. The van der Waals surface area contributed by atoms with E-state index in [4.69, 9.17) is 4.74 Å². The number of para-hydroxylation sites is 1. The van der Waals surface area contributed by atoms with Crippen LogP contribution < -0.4 is 10.1 Å². The zero-order valence-electron chi connectivity index (χ0n) is 12.1. The normalized spacial score (nSPS) is 21.8. The molecule has 0 unspecified atom stereocenters. The zero-order chi connectivity index (χ0) is 15.1. The molecule has 1 aromatic rings. The van der Waals surface area contributed by atoms with Gasteiger partial charge in [-0.25, -0.2) is 4.39 Å². The Bertz CT molecular complexity index is 459. The Balaban J connectivity index is 1.61. The summed E-state index contributed by atoms with van der Waals surface area (Å²) in [6, 6.07) is 6.15. The standard InChI is InChI=1S/C16H22FNO3/c17-14-3-1-2-4-15(14)21-10-9-16(20)18-11-12-5-7-13(19)8-6-12/h1-4,12-13,19H,5-11H2,(H,18,20). The maximum Gasteiger partial charge on any atom is 0.223 e. The minimum Gasteiger partial charge on any atom is -0.490 e. The Morgan fingerprint density at radius 2 is 2.00 bits per heavy atom. The molecule has 4 nitrogen and oxygen atoms in total. The van der Waals surface area contributed by atoms with Gasteiger partial charge in [0.15, 0.2) is 11.6 Å². The van der Waals surface area contributed by atoms with Crippen LogP contribution in [0.4, 0.5) is 4.39 Å². The number of halogens is 1. The third-order valence-corrected chi connectivity index (χ3v) is 3.83. The fourth-order valence-electron chi connectivity index (χ4n) is 2.51. The van der Waals surface area contributed by atoms with Gasteiger partial charge in [0.05, 0.1) is 19.1 Å². The first-order valence-corrected chi connectivity index (χ1v) is 7.47. The summed E-state index contributed by atoms with van der Waals surface area (Å²) in [7, 11) is 0. The molecule has 1 amide bonds. The SMILES string of the molecule is O=C(CCOc1ccccc1F)NCC1CCC(O)CC1. The van der Waals surface area contributed by atoms with Crippen LogP contribution in [0.5, 0.6) is 5.75 Å².